The first-order valence-electron chi connectivity index (χ1n) is 8.29. The van der Waals surface area contributed by atoms with E-state index < -0.39 is 0 Å². The topological polar surface area (TPSA) is 55.8 Å². The molecule has 1 saturated heterocycles. The molecule has 0 unspecified atom stereocenters. The number of hydrogen-bond acceptors (Lipinski definition) is 4. The van der Waals surface area contributed by atoms with Gasteiger partial charge in [-0.1, -0.05) is 6.07 Å². The number of Topliss-reactive ketones (excluding diaryl/α,β-unsaturated/α-hetero) is 1. The zero-order valence-electron chi connectivity index (χ0n) is 14.5. The normalized spacial score (nSPS) is 13.8. The van der Waals surface area contributed by atoms with Gasteiger partial charge in [0.1, 0.15) is 18.1 Å². The summed E-state index contributed by atoms with van der Waals surface area (Å²) in [6.07, 6.45) is 1.49. The third kappa shape index (κ3) is 3.82. The van der Waals surface area contributed by atoms with Gasteiger partial charge in [0.15, 0.2) is 5.78 Å². The number of amides is 1. The van der Waals surface area contributed by atoms with Gasteiger partial charge in [0.2, 0.25) is 5.91 Å². The molecule has 5 nitrogen and oxygen atoms in total. The highest BCUT2D eigenvalue weighted by Crippen LogP contribution is 2.27. The fourth-order valence-electron chi connectivity index (χ4n) is 2.93. The largest absolute Gasteiger partial charge is 0.496 e. The predicted molar refractivity (Wildman–Crippen MR) is 95.4 cm³/mol. The Kier molecular flexibility index (Phi) is 5.03. The number of ether oxygens (including phenoxy) is 2. The second-order valence-corrected chi connectivity index (χ2v) is 6.02. The van der Waals surface area contributed by atoms with Crippen LogP contribution in [0, 0.1) is 0 Å². The van der Waals surface area contributed by atoms with Crippen molar-refractivity contribution in [2.45, 2.75) is 26.4 Å². The van der Waals surface area contributed by atoms with E-state index in [1.54, 1.807) is 30.2 Å². The average molecular weight is 339 g/mol. The predicted octanol–water partition coefficient (Wildman–Crippen LogP) is 3.60. The summed E-state index contributed by atoms with van der Waals surface area (Å²) in [5.74, 6) is 1.50. The molecule has 2 aromatic carbocycles. The maximum Gasteiger partial charge on any atom is 0.227 e. The van der Waals surface area contributed by atoms with Gasteiger partial charge in [-0.3, -0.25) is 9.59 Å². The molecule has 0 aromatic heterocycles. The smallest absolute Gasteiger partial charge is 0.227 e. The Hall–Kier alpha value is -2.82. The van der Waals surface area contributed by atoms with Gasteiger partial charge in [-0.2, -0.15) is 0 Å². The maximum absolute atomic E-state index is 11.9. The van der Waals surface area contributed by atoms with Crippen LogP contribution >= 0.6 is 0 Å². The van der Waals surface area contributed by atoms with Crippen LogP contribution < -0.4 is 14.4 Å². The number of methoxy groups -OCH3 is 1. The fraction of sp³-hybridized carbons (Fsp3) is 0.300. The maximum atomic E-state index is 11.9. The van der Waals surface area contributed by atoms with Crippen molar-refractivity contribution in [3.05, 3.63) is 53.6 Å². The molecular weight excluding hydrogens is 318 g/mol. The molecule has 0 N–H and O–H groups in total. The minimum atomic E-state index is -0.00144. The van der Waals surface area contributed by atoms with Gasteiger partial charge in [0.05, 0.1) is 7.11 Å². The highest BCUT2D eigenvalue weighted by Gasteiger charge is 2.21. The van der Waals surface area contributed by atoms with Crippen LogP contribution in [0.3, 0.4) is 0 Å². The molecule has 1 amide bonds. The van der Waals surface area contributed by atoms with Gasteiger partial charge in [0, 0.05) is 35.8 Å². The van der Waals surface area contributed by atoms with Gasteiger partial charge in [-0.05, 0) is 43.7 Å². The lowest BCUT2D eigenvalue weighted by molar-refractivity contribution is -0.117. The van der Waals surface area contributed by atoms with E-state index in [2.05, 4.69) is 0 Å². The Morgan fingerprint density at radius 2 is 2.04 bits per heavy atom. The van der Waals surface area contributed by atoms with Crippen molar-refractivity contribution in [2.75, 3.05) is 18.6 Å². The van der Waals surface area contributed by atoms with Crippen molar-refractivity contribution in [2.24, 2.45) is 0 Å². The summed E-state index contributed by atoms with van der Waals surface area (Å²) in [5.41, 5.74) is 2.28. The van der Waals surface area contributed by atoms with Crippen LogP contribution in [0.2, 0.25) is 0 Å². The summed E-state index contributed by atoms with van der Waals surface area (Å²) < 4.78 is 11.2. The minimum absolute atomic E-state index is 0.00144. The van der Waals surface area contributed by atoms with Crippen molar-refractivity contribution in [1.29, 1.82) is 0 Å². The highest BCUT2D eigenvalue weighted by molar-refractivity contribution is 5.95. The molecule has 0 atom stereocenters. The minimum Gasteiger partial charge on any atom is -0.496 e. The molecule has 0 saturated carbocycles. The number of benzene rings is 2. The fourth-order valence-corrected chi connectivity index (χ4v) is 2.93. The van der Waals surface area contributed by atoms with E-state index >= 15 is 0 Å². The lowest BCUT2D eigenvalue weighted by atomic mass is 10.1. The zero-order valence-corrected chi connectivity index (χ0v) is 14.5. The SMILES string of the molecule is COc1ccc(C(C)=O)cc1COc1cccc(N2CCCC2=O)c1. The number of carbonyl (C=O) groups is 2. The van der Waals surface area contributed by atoms with Crippen molar-refractivity contribution in [3.63, 3.8) is 0 Å². The van der Waals surface area contributed by atoms with Crippen molar-refractivity contribution in [1.82, 2.24) is 0 Å². The van der Waals surface area contributed by atoms with Crippen LogP contribution in [-0.2, 0) is 11.4 Å². The van der Waals surface area contributed by atoms with Crippen molar-refractivity contribution in [3.8, 4) is 11.5 Å². The van der Waals surface area contributed by atoms with Gasteiger partial charge in [-0.25, -0.2) is 0 Å². The van der Waals surface area contributed by atoms with E-state index in [0.29, 0.717) is 23.5 Å². The van der Waals surface area contributed by atoms with Crippen LogP contribution in [0.4, 0.5) is 5.69 Å². The first kappa shape index (κ1) is 17.0. The first-order valence-corrected chi connectivity index (χ1v) is 8.29. The average Bonchev–Trinajstić information content (AvgIpc) is 3.06. The summed E-state index contributed by atoms with van der Waals surface area (Å²) in [5, 5.41) is 0. The van der Waals surface area contributed by atoms with Crippen LogP contribution in [-0.4, -0.2) is 25.3 Å². The third-order valence-corrected chi connectivity index (χ3v) is 4.28. The van der Waals surface area contributed by atoms with Crippen LogP contribution in [0.25, 0.3) is 0 Å². The quantitative estimate of drug-likeness (QED) is 0.755. The number of anilines is 1. The van der Waals surface area contributed by atoms with Gasteiger partial charge in [-0.15, -0.1) is 0 Å². The zero-order chi connectivity index (χ0) is 17.8. The molecule has 0 aliphatic carbocycles. The molecule has 25 heavy (non-hydrogen) atoms. The summed E-state index contributed by atoms with van der Waals surface area (Å²) in [6, 6.07) is 12.8. The van der Waals surface area contributed by atoms with Crippen LogP contribution in [0.15, 0.2) is 42.5 Å². The molecule has 130 valence electrons. The molecule has 5 heteroatoms. The summed E-state index contributed by atoms with van der Waals surface area (Å²) in [6.45, 7) is 2.56. The second kappa shape index (κ2) is 7.38. The van der Waals surface area contributed by atoms with Gasteiger partial charge >= 0.3 is 0 Å². The molecule has 2 aromatic rings. The van der Waals surface area contributed by atoms with E-state index in [4.69, 9.17) is 9.47 Å². The Morgan fingerprint density at radius 1 is 1.20 bits per heavy atom. The summed E-state index contributed by atoms with van der Waals surface area (Å²) in [7, 11) is 1.59. The molecule has 1 aliphatic rings. The molecule has 0 radical (unpaired) electrons. The van der Waals surface area contributed by atoms with E-state index in [0.717, 1.165) is 24.2 Å². The first-order chi connectivity index (χ1) is 12.1. The summed E-state index contributed by atoms with van der Waals surface area (Å²) in [4.78, 5) is 25.2. The molecule has 0 spiro atoms. The second-order valence-electron chi connectivity index (χ2n) is 6.02. The van der Waals surface area contributed by atoms with Crippen LogP contribution in [0.5, 0.6) is 11.5 Å². The number of ketones is 1. The summed E-state index contributed by atoms with van der Waals surface area (Å²) >= 11 is 0. The van der Waals surface area contributed by atoms with Crippen LogP contribution in [0.1, 0.15) is 35.7 Å². The Balaban J connectivity index is 1.76. The molecule has 1 aliphatic heterocycles. The lowest BCUT2D eigenvalue weighted by Gasteiger charge is -2.17. The molecule has 1 heterocycles. The highest BCUT2D eigenvalue weighted by atomic mass is 16.5. The number of nitrogens with zero attached hydrogens (tertiary/aromatic N) is 1. The van der Waals surface area contributed by atoms with E-state index in [1.807, 2.05) is 24.3 Å². The van der Waals surface area contributed by atoms with Gasteiger partial charge < -0.3 is 14.4 Å². The lowest BCUT2D eigenvalue weighted by Crippen LogP contribution is -2.23. The van der Waals surface area contributed by atoms with Crippen molar-refractivity contribution >= 4 is 17.4 Å². The molecule has 3 rings (SSSR count). The Morgan fingerprint density at radius 3 is 2.72 bits per heavy atom. The number of rotatable bonds is 6. The third-order valence-electron chi connectivity index (χ3n) is 4.28. The number of carbonyl (C=O) groups excluding carboxylic acids is 2. The Bertz CT molecular complexity index is 800. The standard InChI is InChI=1S/C20H21NO4/c1-14(22)15-8-9-19(24-2)16(11-15)13-25-18-6-3-5-17(12-18)21-10-4-7-20(21)23/h3,5-6,8-9,11-12H,4,7,10,13H2,1-2H3. The van der Waals surface area contributed by atoms with Crippen molar-refractivity contribution < 1.29 is 19.1 Å². The number of hydrogen-bond donors (Lipinski definition) is 0. The van der Waals surface area contributed by atoms with E-state index in [1.165, 1.54) is 6.92 Å². The van der Waals surface area contributed by atoms with E-state index in [9.17, 15) is 9.59 Å². The van der Waals surface area contributed by atoms with Gasteiger partial charge in [0.25, 0.3) is 0 Å². The monoisotopic (exact) mass is 339 g/mol. The molecular formula is C20H21NO4. The van der Waals surface area contributed by atoms with E-state index in [-0.39, 0.29) is 18.3 Å². The molecule has 0 bridgehead atoms. The molecule has 1 fully saturated rings. The Labute approximate surface area is 147 Å².